The molecule has 180 valence electrons. The van der Waals surface area contributed by atoms with Gasteiger partial charge in [0, 0.05) is 24.1 Å². The van der Waals surface area contributed by atoms with Gasteiger partial charge in [0.1, 0.15) is 11.8 Å². The Kier molecular flexibility index (Phi) is 9.02. The summed E-state index contributed by atoms with van der Waals surface area (Å²) in [7, 11) is 0. The van der Waals surface area contributed by atoms with E-state index in [4.69, 9.17) is 4.74 Å². The Hall–Kier alpha value is -3.41. The minimum atomic E-state index is -0.847. The molecule has 1 aliphatic carbocycles. The fourth-order valence-corrected chi connectivity index (χ4v) is 4.38. The molecule has 3 rings (SSSR count). The predicted octanol–water partition coefficient (Wildman–Crippen LogP) is 5.14. The van der Waals surface area contributed by atoms with Crippen LogP contribution in [-0.4, -0.2) is 35.5 Å². The largest absolute Gasteiger partial charge is 0.484 e. The van der Waals surface area contributed by atoms with Crippen LogP contribution < -0.4 is 15.0 Å². The number of nitrogens with one attached hydrogen (secondary N) is 1. The number of anilines is 1. The Morgan fingerprint density at radius 2 is 1.88 bits per heavy atom. The van der Waals surface area contributed by atoms with Crippen LogP contribution in [0.4, 0.5) is 5.69 Å². The Morgan fingerprint density at radius 1 is 1.18 bits per heavy atom. The zero-order valence-corrected chi connectivity index (χ0v) is 20.4. The summed E-state index contributed by atoms with van der Waals surface area (Å²) in [6.07, 6.45) is 10.2. The minimum Gasteiger partial charge on any atom is -0.484 e. The molecule has 1 aromatic carbocycles. The topological polar surface area (TPSA) is 71.5 Å². The summed E-state index contributed by atoms with van der Waals surface area (Å²) in [6.45, 7) is 9.59. The lowest BCUT2D eigenvalue weighted by Crippen LogP contribution is -2.54. The van der Waals surface area contributed by atoms with Crippen LogP contribution in [0.2, 0.25) is 0 Å². The van der Waals surface area contributed by atoms with Gasteiger partial charge in [-0.1, -0.05) is 49.6 Å². The van der Waals surface area contributed by atoms with E-state index in [-0.39, 0.29) is 24.5 Å². The number of carbonyl (C=O) groups excluding carboxylic acids is 2. The van der Waals surface area contributed by atoms with E-state index >= 15 is 0 Å². The number of ether oxygens (including phenoxy) is 1. The van der Waals surface area contributed by atoms with Gasteiger partial charge in [-0.2, -0.15) is 0 Å². The number of aromatic nitrogens is 1. The molecule has 1 N–H and O–H groups in total. The van der Waals surface area contributed by atoms with Gasteiger partial charge in [0.25, 0.3) is 5.91 Å². The number of allylic oxidation sites excluding steroid dienone is 1. The smallest absolute Gasteiger partial charge is 0.265 e. The molecule has 2 aromatic rings. The van der Waals surface area contributed by atoms with Crippen molar-refractivity contribution in [1.29, 1.82) is 0 Å². The van der Waals surface area contributed by atoms with Gasteiger partial charge in [-0.25, -0.2) is 0 Å². The average molecular weight is 462 g/mol. The van der Waals surface area contributed by atoms with E-state index in [1.807, 2.05) is 45.0 Å². The van der Waals surface area contributed by atoms with Gasteiger partial charge in [0.2, 0.25) is 5.91 Å². The zero-order chi connectivity index (χ0) is 24.5. The second-order valence-electron chi connectivity index (χ2n) is 8.98. The quantitative estimate of drug-likeness (QED) is 0.525. The number of hydrogen-bond acceptors (Lipinski definition) is 4. The lowest BCUT2D eigenvalue weighted by atomic mass is 9.93. The maximum Gasteiger partial charge on any atom is 0.265 e. The number of hydrogen-bond donors (Lipinski definition) is 1. The molecule has 1 aromatic heterocycles. The van der Waals surface area contributed by atoms with Gasteiger partial charge in [-0.15, -0.1) is 0 Å². The molecular weight excluding hydrogens is 426 g/mol. The van der Waals surface area contributed by atoms with Crippen molar-refractivity contribution in [3.8, 4) is 5.75 Å². The van der Waals surface area contributed by atoms with E-state index in [1.54, 1.807) is 35.5 Å². The van der Waals surface area contributed by atoms with Crippen molar-refractivity contribution in [2.24, 2.45) is 0 Å². The summed E-state index contributed by atoms with van der Waals surface area (Å²) in [6, 6.07) is 10.3. The van der Waals surface area contributed by atoms with Crippen LogP contribution in [0.5, 0.6) is 5.75 Å². The molecule has 1 aliphatic rings. The molecule has 0 bridgehead atoms. The highest BCUT2D eigenvalue weighted by molar-refractivity contribution is 6.03. The predicted molar refractivity (Wildman–Crippen MR) is 136 cm³/mol. The van der Waals surface area contributed by atoms with Crippen molar-refractivity contribution >= 4 is 17.5 Å². The highest BCUT2D eigenvalue weighted by atomic mass is 16.5. The fourth-order valence-electron chi connectivity index (χ4n) is 4.38. The highest BCUT2D eigenvalue weighted by Gasteiger charge is 2.35. The Bertz CT molecular complexity index is 1020. The molecule has 2 amide bonds. The number of aryl methyl sites for hydroxylation is 1. The first-order chi connectivity index (χ1) is 16.4. The van der Waals surface area contributed by atoms with Gasteiger partial charge in [-0.05, 0) is 69.0 Å². The average Bonchev–Trinajstić information content (AvgIpc) is 2.83. The SMILES string of the molecule is C=CC(=C(C)C)C(C(=O)NC1CCCCC1)N(C(=O)COc1ccncc1)c1cccc(C)c1. The standard InChI is InChI=1S/C28H35N3O3/c1-5-25(20(2)3)27(28(33)30-22-11-7-6-8-12-22)31(23-13-9-10-21(4)18-23)26(32)19-34-24-14-16-29-17-15-24/h5,9-10,13-18,22,27H,1,6-8,11-12,19H2,2-4H3,(H,30,33). The lowest BCUT2D eigenvalue weighted by Gasteiger charge is -2.34. The van der Waals surface area contributed by atoms with E-state index in [0.29, 0.717) is 17.0 Å². The monoisotopic (exact) mass is 461 g/mol. The van der Waals surface area contributed by atoms with Gasteiger partial charge in [0.15, 0.2) is 6.61 Å². The maximum atomic E-state index is 13.8. The van der Waals surface area contributed by atoms with Crippen LogP contribution in [0, 0.1) is 6.92 Å². The van der Waals surface area contributed by atoms with Crippen LogP contribution in [-0.2, 0) is 9.59 Å². The first-order valence-corrected chi connectivity index (χ1v) is 11.9. The summed E-state index contributed by atoms with van der Waals surface area (Å²) in [5, 5.41) is 3.22. The van der Waals surface area contributed by atoms with Gasteiger partial charge in [0.05, 0.1) is 0 Å². The Morgan fingerprint density at radius 3 is 2.50 bits per heavy atom. The summed E-state index contributed by atoms with van der Waals surface area (Å²) in [4.78, 5) is 32.9. The fraction of sp³-hybridized carbons (Fsp3) is 0.393. The third-order valence-corrected chi connectivity index (χ3v) is 6.11. The van der Waals surface area contributed by atoms with Gasteiger partial charge in [-0.3, -0.25) is 19.5 Å². The number of rotatable bonds is 9. The van der Waals surface area contributed by atoms with Crippen molar-refractivity contribution in [3.05, 3.63) is 78.2 Å². The van der Waals surface area contributed by atoms with E-state index in [9.17, 15) is 9.59 Å². The van der Waals surface area contributed by atoms with E-state index in [1.165, 1.54) is 6.42 Å². The van der Waals surface area contributed by atoms with E-state index in [0.717, 1.165) is 36.8 Å². The van der Waals surface area contributed by atoms with Crippen molar-refractivity contribution in [2.75, 3.05) is 11.5 Å². The van der Waals surface area contributed by atoms with Crippen molar-refractivity contribution in [2.45, 2.75) is 65.0 Å². The molecule has 6 nitrogen and oxygen atoms in total. The van der Waals surface area contributed by atoms with Crippen LogP contribution >= 0.6 is 0 Å². The first-order valence-electron chi connectivity index (χ1n) is 11.9. The van der Waals surface area contributed by atoms with Crippen LogP contribution in [0.1, 0.15) is 51.5 Å². The molecule has 1 heterocycles. The number of amides is 2. The van der Waals surface area contributed by atoms with Gasteiger partial charge < -0.3 is 10.1 Å². The minimum absolute atomic E-state index is 0.120. The molecular formula is C28H35N3O3. The Balaban J connectivity index is 1.99. The molecule has 0 radical (unpaired) electrons. The third kappa shape index (κ3) is 6.56. The first kappa shape index (κ1) is 25.2. The molecule has 1 unspecified atom stereocenters. The van der Waals surface area contributed by atoms with Crippen molar-refractivity contribution < 1.29 is 14.3 Å². The van der Waals surface area contributed by atoms with Crippen molar-refractivity contribution in [3.63, 3.8) is 0 Å². The second-order valence-corrected chi connectivity index (χ2v) is 8.98. The number of benzene rings is 1. The van der Waals surface area contributed by atoms with Gasteiger partial charge >= 0.3 is 0 Å². The molecule has 0 aliphatic heterocycles. The molecule has 0 saturated heterocycles. The summed E-state index contributed by atoms with van der Waals surface area (Å²) in [5.74, 6) is 0.0375. The Labute approximate surface area is 202 Å². The second kappa shape index (κ2) is 12.2. The number of pyridine rings is 1. The summed E-state index contributed by atoms with van der Waals surface area (Å²) in [5.41, 5.74) is 3.29. The zero-order valence-electron chi connectivity index (χ0n) is 20.4. The van der Waals surface area contributed by atoms with Crippen LogP contribution in [0.25, 0.3) is 0 Å². The van der Waals surface area contributed by atoms with E-state index in [2.05, 4.69) is 16.9 Å². The summed E-state index contributed by atoms with van der Waals surface area (Å²) < 4.78 is 5.75. The molecule has 0 spiro atoms. The normalized spacial score (nSPS) is 14.6. The molecule has 1 atom stereocenters. The summed E-state index contributed by atoms with van der Waals surface area (Å²) >= 11 is 0. The highest BCUT2D eigenvalue weighted by Crippen LogP contribution is 2.27. The van der Waals surface area contributed by atoms with E-state index < -0.39 is 6.04 Å². The molecule has 6 heteroatoms. The van der Waals surface area contributed by atoms with Crippen molar-refractivity contribution in [1.82, 2.24) is 10.3 Å². The number of carbonyl (C=O) groups is 2. The van der Waals surface area contributed by atoms with Crippen LogP contribution in [0.15, 0.2) is 72.6 Å². The maximum absolute atomic E-state index is 13.8. The number of nitrogens with zero attached hydrogens (tertiary/aromatic N) is 2. The van der Waals surface area contributed by atoms with Crippen LogP contribution in [0.3, 0.4) is 0 Å². The molecule has 1 fully saturated rings. The molecule has 34 heavy (non-hydrogen) atoms. The lowest BCUT2D eigenvalue weighted by molar-refractivity contribution is -0.127. The third-order valence-electron chi connectivity index (χ3n) is 6.11. The molecule has 1 saturated carbocycles.